The molecule has 0 aliphatic carbocycles. The van der Waals surface area contributed by atoms with Crippen LogP contribution in [0.1, 0.15) is 5.69 Å². The molecule has 6 heteroatoms. The van der Waals surface area contributed by atoms with Crippen LogP contribution in [0.25, 0.3) is 11.4 Å². The highest BCUT2D eigenvalue weighted by atomic mass is 79.9. The summed E-state index contributed by atoms with van der Waals surface area (Å²) >= 11 is 3.58. The number of fused-ring (bicyclic) bond motifs is 3. The van der Waals surface area contributed by atoms with Gasteiger partial charge in [-0.05, 0) is 28.9 Å². The molecule has 0 amide bonds. The van der Waals surface area contributed by atoms with Gasteiger partial charge in [-0.15, -0.1) is 0 Å². The van der Waals surface area contributed by atoms with Crippen molar-refractivity contribution in [3.8, 4) is 11.4 Å². The van der Waals surface area contributed by atoms with Crippen LogP contribution in [0.5, 0.6) is 0 Å². The van der Waals surface area contributed by atoms with Crippen LogP contribution in [0, 0.1) is 6.92 Å². The maximum atomic E-state index is 4.49. The Kier molecular flexibility index (Phi) is 2.39. The molecule has 0 aromatic carbocycles. The third-order valence-corrected chi connectivity index (χ3v) is 3.56. The number of anilines is 1. The van der Waals surface area contributed by atoms with Crippen molar-refractivity contribution in [1.29, 1.82) is 0 Å². The van der Waals surface area contributed by atoms with Gasteiger partial charge in [0.15, 0.2) is 0 Å². The van der Waals surface area contributed by atoms with Crippen LogP contribution in [0.3, 0.4) is 0 Å². The molecule has 0 bridgehead atoms. The number of aromatic nitrogens is 3. The van der Waals surface area contributed by atoms with E-state index in [0.29, 0.717) is 5.62 Å². The van der Waals surface area contributed by atoms with E-state index in [1.54, 1.807) is 7.05 Å². The Labute approximate surface area is 107 Å². The lowest BCUT2D eigenvalue weighted by molar-refractivity contribution is 0.773. The van der Waals surface area contributed by atoms with Crippen molar-refractivity contribution in [2.24, 2.45) is 4.99 Å². The van der Waals surface area contributed by atoms with Gasteiger partial charge in [-0.3, -0.25) is 4.99 Å². The Hall–Kier alpha value is -1.43. The first kappa shape index (κ1) is 10.7. The average Bonchev–Trinajstić information content (AvgIpc) is 2.80. The van der Waals surface area contributed by atoms with E-state index in [0.717, 1.165) is 40.5 Å². The molecule has 3 heterocycles. The monoisotopic (exact) mass is 293 g/mol. The zero-order chi connectivity index (χ0) is 12.0. The minimum atomic E-state index is 0.541. The Morgan fingerprint density at radius 3 is 3.06 bits per heavy atom. The second-order valence-corrected chi connectivity index (χ2v) is 4.84. The summed E-state index contributed by atoms with van der Waals surface area (Å²) in [7, 11) is 1.71. The largest absolute Gasteiger partial charge is 0.369 e. The van der Waals surface area contributed by atoms with E-state index in [1.807, 2.05) is 6.92 Å². The number of hydrogen-bond acceptors (Lipinski definition) is 4. The summed E-state index contributed by atoms with van der Waals surface area (Å²) in [6.07, 6.45) is 0. The van der Waals surface area contributed by atoms with Crippen molar-refractivity contribution in [3.05, 3.63) is 21.9 Å². The number of nitrogens with zero attached hydrogens (tertiary/aromatic N) is 4. The normalized spacial score (nSPS) is 15.1. The summed E-state index contributed by atoms with van der Waals surface area (Å²) in [6.45, 7) is 3.84. The Bertz CT molecular complexity index is 631. The summed E-state index contributed by atoms with van der Waals surface area (Å²) in [4.78, 5) is 12.9. The van der Waals surface area contributed by atoms with Crippen LogP contribution in [0.2, 0.25) is 0 Å². The van der Waals surface area contributed by atoms with Crippen LogP contribution in [-0.4, -0.2) is 28.1 Å². The molecule has 0 unspecified atom stereocenters. The molecular weight excluding hydrogens is 282 g/mol. The summed E-state index contributed by atoms with van der Waals surface area (Å²) in [5, 5.41) is 3.34. The fraction of sp³-hybridized carbons (Fsp3) is 0.364. The highest BCUT2D eigenvalue weighted by Gasteiger charge is 2.21. The molecule has 88 valence electrons. The maximum Gasteiger partial charge on any atom is 0.246 e. The molecule has 3 aliphatic heterocycles. The standard InChI is InChI=1S/C11H12BrN5/c1-6-7-5-8(12)10-14-3-4-17(10)9(7)16-11(13-2)15-6/h5,14H,3-4H2,1-2H3. The summed E-state index contributed by atoms with van der Waals surface area (Å²) in [6, 6.07) is 2.06. The first-order chi connectivity index (χ1) is 8.20. The lowest BCUT2D eigenvalue weighted by atomic mass is 10.2. The molecule has 3 aliphatic rings. The number of nitrogens with one attached hydrogen (secondary N) is 1. The molecule has 0 saturated heterocycles. The molecule has 0 saturated carbocycles. The third kappa shape index (κ3) is 1.55. The summed E-state index contributed by atoms with van der Waals surface area (Å²) in [5.41, 5.74) is 2.56. The average molecular weight is 294 g/mol. The molecule has 0 radical (unpaired) electrons. The van der Waals surface area contributed by atoms with Gasteiger partial charge in [-0.1, -0.05) is 0 Å². The quantitative estimate of drug-likeness (QED) is 0.799. The summed E-state index contributed by atoms with van der Waals surface area (Å²) < 4.78 is 3.22. The van der Waals surface area contributed by atoms with Crippen LogP contribution in [0.15, 0.2) is 15.5 Å². The van der Waals surface area contributed by atoms with Gasteiger partial charge >= 0.3 is 0 Å². The molecule has 0 spiro atoms. The van der Waals surface area contributed by atoms with Gasteiger partial charge in [0.05, 0.1) is 10.2 Å². The second kappa shape index (κ2) is 3.80. The Morgan fingerprint density at radius 2 is 2.29 bits per heavy atom. The van der Waals surface area contributed by atoms with Crippen molar-refractivity contribution >= 4 is 21.7 Å². The first-order valence-corrected chi connectivity index (χ1v) is 6.24. The van der Waals surface area contributed by atoms with Crippen LogP contribution >= 0.6 is 15.9 Å². The van der Waals surface area contributed by atoms with E-state index in [9.17, 15) is 0 Å². The minimum Gasteiger partial charge on any atom is -0.369 e. The Balaban J connectivity index is 2.45. The molecule has 1 N–H and O–H groups in total. The Morgan fingerprint density at radius 1 is 1.47 bits per heavy atom. The van der Waals surface area contributed by atoms with E-state index in [4.69, 9.17) is 0 Å². The SMILES string of the molecule is CN=c1nc(C)c2cc(Br)c3n(c-2n1)CCN3. The first-order valence-electron chi connectivity index (χ1n) is 5.45. The van der Waals surface area contributed by atoms with Gasteiger partial charge in [0.1, 0.15) is 11.6 Å². The molecular formula is C11H12BrN5. The number of halogens is 1. The maximum absolute atomic E-state index is 4.49. The number of rotatable bonds is 0. The van der Waals surface area contributed by atoms with Gasteiger partial charge in [0, 0.05) is 25.7 Å². The van der Waals surface area contributed by atoms with Crippen molar-refractivity contribution in [1.82, 2.24) is 14.5 Å². The predicted molar refractivity (Wildman–Crippen MR) is 69.1 cm³/mol. The second-order valence-electron chi connectivity index (χ2n) is 3.99. The van der Waals surface area contributed by atoms with Crippen molar-refractivity contribution in [2.45, 2.75) is 13.5 Å². The molecule has 17 heavy (non-hydrogen) atoms. The van der Waals surface area contributed by atoms with E-state index < -0.39 is 0 Å². The summed E-state index contributed by atoms with van der Waals surface area (Å²) in [5.74, 6) is 2.03. The number of hydrogen-bond donors (Lipinski definition) is 1. The molecule has 3 rings (SSSR count). The topological polar surface area (TPSA) is 55.1 Å². The van der Waals surface area contributed by atoms with Gasteiger partial charge in [-0.25, -0.2) is 4.98 Å². The van der Waals surface area contributed by atoms with E-state index in [-0.39, 0.29) is 0 Å². The van der Waals surface area contributed by atoms with Gasteiger partial charge < -0.3 is 9.88 Å². The van der Waals surface area contributed by atoms with Crippen LogP contribution < -0.4 is 10.9 Å². The van der Waals surface area contributed by atoms with E-state index in [1.165, 1.54) is 0 Å². The van der Waals surface area contributed by atoms with Crippen molar-refractivity contribution < 1.29 is 0 Å². The number of pyridine rings is 1. The third-order valence-electron chi connectivity index (χ3n) is 2.96. The van der Waals surface area contributed by atoms with Gasteiger partial charge in [0.2, 0.25) is 5.62 Å². The molecule has 0 atom stereocenters. The lowest BCUT2D eigenvalue weighted by Gasteiger charge is -2.15. The lowest BCUT2D eigenvalue weighted by Crippen LogP contribution is -2.19. The number of aryl methyl sites for hydroxylation is 1. The van der Waals surface area contributed by atoms with E-state index in [2.05, 4.69) is 46.8 Å². The smallest absolute Gasteiger partial charge is 0.246 e. The molecule has 5 nitrogen and oxygen atoms in total. The van der Waals surface area contributed by atoms with Crippen LogP contribution in [0.4, 0.5) is 5.82 Å². The van der Waals surface area contributed by atoms with Crippen molar-refractivity contribution in [2.75, 3.05) is 18.9 Å². The fourth-order valence-electron chi connectivity index (χ4n) is 2.14. The highest BCUT2D eigenvalue weighted by molar-refractivity contribution is 9.10. The minimum absolute atomic E-state index is 0.541. The highest BCUT2D eigenvalue weighted by Crippen LogP contribution is 2.34. The molecule has 0 fully saturated rings. The molecule has 0 aromatic rings. The van der Waals surface area contributed by atoms with Gasteiger partial charge in [0.25, 0.3) is 0 Å². The molecule has 0 aromatic heterocycles. The zero-order valence-corrected chi connectivity index (χ0v) is 11.2. The van der Waals surface area contributed by atoms with Crippen LogP contribution in [-0.2, 0) is 6.54 Å². The predicted octanol–water partition coefficient (Wildman–Crippen LogP) is 1.41. The van der Waals surface area contributed by atoms with Gasteiger partial charge in [-0.2, -0.15) is 4.98 Å². The zero-order valence-electron chi connectivity index (χ0n) is 9.66. The van der Waals surface area contributed by atoms with Crippen molar-refractivity contribution in [3.63, 3.8) is 0 Å². The van der Waals surface area contributed by atoms with E-state index >= 15 is 0 Å². The fourth-order valence-corrected chi connectivity index (χ4v) is 2.72.